The summed E-state index contributed by atoms with van der Waals surface area (Å²) in [5.74, 6) is -4.30. The number of rotatable bonds is 3. The van der Waals surface area contributed by atoms with Crippen molar-refractivity contribution >= 4 is 29.2 Å². The first-order valence-corrected chi connectivity index (χ1v) is 8.09. The van der Waals surface area contributed by atoms with Gasteiger partial charge in [-0.15, -0.1) is 0 Å². The predicted molar refractivity (Wildman–Crippen MR) is 93.4 cm³/mol. The van der Waals surface area contributed by atoms with Crippen LogP contribution < -0.4 is 5.32 Å². The lowest BCUT2D eigenvalue weighted by Crippen LogP contribution is -2.43. The van der Waals surface area contributed by atoms with Crippen molar-refractivity contribution in [3.8, 4) is 6.07 Å². The molecule has 1 fully saturated rings. The SMILES string of the molecule is N#C[C@@H]1CC(F)(F)CN1C(=O)CNC(=O)c1ccnc2ccccc12.O=CO. The first-order valence-electron chi connectivity index (χ1n) is 8.09. The maximum atomic E-state index is 13.4. The number of para-hydroxylation sites is 1. The lowest BCUT2D eigenvalue weighted by Gasteiger charge is -2.19. The Morgan fingerprint density at radius 1 is 1.39 bits per heavy atom. The van der Waals surface area contributed by atoms with Gasteiger partial charge in [0.1, 0.15) is 6.04 Å². The van der Waals surface area contributed by atoms with Crippen molar-refractivity contribution < 1.29 is 28.3 Å². The normalized spacial score (nSPS) is 17.2. The number of carbonyl (C=O) groups excluding carboxylic acids is 2. The van der Waals surface area contributed by atoms with E-state index in [-0.39, 0.29) is 6.47 Å². The monoisotopic (exact) mass is 390 g/mol. The molecule has 0 spiro atoms. The second kappa shape index (κ2) is 8.85. The second-order valence-electron chi connectivity index (χ2n) is 5.89. The Bertz CT molecular complexity index is 924. The summed E-state index contributed by atoms with van der Waals surface area (Å²) in [4.78, 5) is 37.8. The van der Waals surface area contributed by atoms with E-state index in [4.69, 9.17) is 15.2 Å². The van der Waals surface area contributed by atoms with Crippen LogP contribution in [0.25, 0.3) is 10.9 Å². The zero-order chi connectivity index (χ0) is 20.7. The molecule has 2 heterocycles. The van der Waals surface area contributed by atoms with Crippen LogP contribution in [0.15, 0.2) is 36.5 Å². The molecular formula is C18H16F2N4O4. The summed E-state index contributed by atoms with van der Waals surface area (Å²) in [5, 5.41) is 18.9. The van der Waals surface area contributed by atoms with E-state index in [2.05, 4.69) is 10.3 Å². The molecule has 1 atom stereocenters. The number of likely N-dealkylation sites (tertiary alicyclic amines) is 1. The average molecular weight is 390 g/mol. The third kappa shape index (κ3) is 4.76. The summed E-state index contributed by atoms with van der Waals surface area (Å²) >= 11 is 0. The molecule has 3 rings (SSSR count). The first-order chi connectivity index (χ1) is 13.3. The van der Waals surface area contributed by atoms with Crippen LogP contribution in [0.1, 0.15) is 16.8 Å². The molecule has 1 aliphatic rings. The number of halogens is 2. The Morgan fingerprint density at radius 2 is 2.07 bits per heavy atom. The summed E-state index contributed by atoms with van der Waals surface area (Å²) in [5.41, 5.74) is 0.965. The van der Waals surface area contributed by atoms with E-state index in [1.165, 1.54) is 12.3 Å². The van der Waals surface area contributed by atoms with Crippen molar-refractivity contribution in [2.24, 2.45) is 0 Å². The highest BCUT2D eigenvalue weighted by Crippen LogP contribution is 2.31. The fourth-order valence-electron chi connectivity index (χ4n) is 2.84. The third-order valence-corrected chi connectivity index (χ3v) is 4.03. The summed E-state index contributed by atoms with van der Waals surface area (Å²) in [6.07, 6.45) is 0.796. The number of fused-ring (bicyclic) bond motifs is 1. The minimum Gasteiger partial charge on any atom is -0.483 e. The highest BCUT2D eigenvalue weighted by molar-refractivity contribution is 6.06. The molecule has 2 N–H and O–H groups in total. The fraction of sp³-hybridized carbons (Fsp3) is 0.278. The maximum Gasteiger partial charge on any atom is 0.290 e. The molecule has 10 heteroatoms. The molecule has 8 nitrogen and oxygen atoms in total. The van der Waals surface area contributed by atoms with Gasteiger partial charge >= 0.3 is 0 Å². The van der Waals surface area contributed by atoms with Gasteiger partial charge in [0.2, 0.25) is 5.91 Å². The van der Waals surface area contributed by atoms with E-state index in [9.17, 15) is 18.4 Å². The number of aromatic nitrogens is 1. The van der Waals surface area contributed by atoms with Crippen LogP contribution in [-0.4, -0.2) is 58.3 Å². The van der Waals surface area contributed by atoms with Crippen molar-refractivity contribution in [1.29, 1.82) is 5.26 Å². The van der Waals surface area contributed by atoms with Crippen LogP contribution in [0.3, 0.4) is 0 Å². The molecule has 146 valence electrons. The van der Waals surface area contributed by atoms with Gasteiger partial charge in [0.15, 0.2) is 0 Å². The highest BCUT2D eigenvalue weighted by Gasteiger charge is 2.47. The lowest BCUT2D eigenvalue weighted by atomic mass is 10.1. The predicted octanol–water partition coefficient (Wildman–Crippen LogP) is 1.43. The molecule has 2 aromatic rings. The summed E-state index contributed by atoms with van der Waals surface area (Å²) in [6.45, 7) is -1.51. The van der Waals surface area contributed by atoms with Crippen LogP contribution >= 0.6 is 0 Å². The molecule has 0 unspecified atom stereocenters. The molecule has 28 heavy (non-hydrogen) atoms. The number of carboxylic acid groups (broad SMARTS) is 1. The van der Waals surface area contributed by atoms with Gasteiger partial charge in [-0.2, -0.15) is 5.26 Å². The number of hydrogen-bond donors (Lipinski definition) is 2. The number of alkyl halides is 2. The maximum absolute atomic E-state index is 13.4. The molecule has 0 aliphatic carbocycles. The summed E-state index contributed by atoms with van der Waals surface area (Å²) in [7, 11) is 0. The number of hydrogen-bond acceptors (Lipinski definition) is 5. The van der Waals surface area contributed by atoms with E-state index in [1.807, 2.05) is 0 Å². The topological polar surface area (TPSA) is 123 Å². The Morgan fingerprint density at radius 3 is 2.75 bits per heavy atom. The van der Waals surface area contributed by atoms with Crippen LogP contribution in [0, 0.1) is 11.3 Å². The second-order valence-corrected chi connectivity index (χ2v) is 5.89. The van der Waals surface area contributed by atoms with Gasteiger partial charge < -0.3 is 15.3 Å². The minimum absolute atomic E-state index is 0.250. The van der Waals surface area contributed by atoms with Gasteiger partial charge in [0.05, 0.1) is 30.2 Å². The molecule has 1 aromatic carbocycles. The number of nitrogens with one attached hydrogen (secondary N) is 1. The number of benzene rings is 1. The zero-order valence-electron chi connectivity index (χ0n) is 14.5. The van der Waals surface area contributed by atoms with Crippen molar-refractivity contribution in [1.82, 2.24) is 15.2 Å². The molecule has 0 saturated carbocycles. The van der Waals surface area contributed by atoms with Crippen LogP contribution in [-0.2, 0) is 9.59 Å². The first kappa shape index (κ1) is 20.7. The van der Waals surface area contributed by atoms with E-state index >= 15 is 0 Å². The number of pyridine rings is 1. The average Bonchev–Trinajstić information content (AvgIpc) is 3.01. The summed E-state index contributed by atoms with van der Waals surface area (Å²) in [6, 6.07) is 9.06. The summed E-state index contributed by atoms with van der Waals surface area (Å²) < 4.78 is 26.8. The van der Waals surface area contributed by atoms with Gasteiger partial charge in [0, 0.05) is 18.0 Å². The van der Waals surface area contributed by atoms with Gasteiger partial charge in [-0.25, -0.2) is 8.78 Å². The molecule has 1 aromatic heterocycles. The van der Waals surface area contributed by atoms with E-state index in [0.717, 1.165) is 4.90 Å². The van der Waals surface area contributed by atoms with Gasteiger partial charge in [-0.1, -0.05) is 18.2 Å². The van der Waals surface area contributed by atoms with E-state index < -0.39 is 43.3 Å². The van der Waals surface area contributed by atoms with Crippen LogP contribution in [0.5, 0.6) is 0 Å². The molecular weight excluding hydrogens is 374 g/mol. The lowest BCUT2D eigenvalue weighted by molar-refractivity contribution is -0.131. The molecule has 0 radical (unpaired) electrons. The van der Waals surface area contributed by atoms with Gasteiger partial charge in [0.25, 0.3) is 18.3 Å². The Labute approximate surface area is 158 Å². The van der Waals surface area contributed by atoms with Crippen LogP contribution in [0.4, 0.5) is 8.78 Å². The largest absolute Gasteiger partial charge is 0.483 e. The van der Waals surface area contributed by atoms with Crippen molar-refractivity contribution in [2.45, 2.75) is 18.4 Å². The van der Waals surface area contributed by atoms with Gasteiger partial charge in [-0.05, 0) is 12.1 Å². The number of nitrogens with zero attached hydrogens (tertiary/aromatic N) is 3. The fourth-order valence-corrected chi connectivity index (χ4v) is 2.84. The minimum atomic E-state index is -3.08. The van der Waals surface area contributed by atoms with E-state index in [0.29, 0.717) is 16.5 Å². The quantitative estimate of drug-likeness (QED) is 0.764. The van der Waals surface area contributed by atoms with Crippen molar-refractivity contribution in [3.05, 3.63) is 42.1 Å². The smallest absolute Gasteiger partial charge is 0.290 e. The number of carbonyl (C=O) groups is 3. The standard InChI is InChI=1S/C17H14F2N4O2.CH2O2/c18-17(19)7-11(8-20)23(10-17)15(24)9-22-16(25)13-5-6-21-14-4-2-1-3-12(13)14;2-1-3/h1-6,11H,7,9-10H2,(H,22,25);1H,(H,2,3)/t11-;/m0./s1. The highest BCUT2D eigenvalue weighted by atomic mass is 19.3. The Kier molecular flexibility index (Phi) is 6.55. The van der Waals surface area contributed by atoms with E-state index in [1.54, 1.807) is 30.3 Å². The number of nitriles is 1. The number of amides is 2. The molecule has 2 amide bonds. The van der Waals surface area contributed by atoms with Gasteiger partial charge in [-0.3, -0.25) is 19.4 Å². The van der Waals surface area contributed by atoms with Crippen molar-refractivity contribution in [3.63, 3.8) is 0 Å². The molecule has 1 aliphatic heterocycles. The molecule has 1 saturated heterocycles. The third-order valence-electron chi connectivity index (χ3n) is 4.03. The molecule has 0 bridgehead atoms. The zero-order valence-corrected chi connectivity index (χ0v) is 14.5. The Balaban J connectivity index is 0.000000878. The van der Waals surface area contributed by atoms with Crippen molar-refractivity contribution in [2.75, 3.05) is 13.1 Å². The van der Waals surface area contributed by atoms with Crippen LogP contribution in [0.2, 0.25) is 0 Å². The Hall–Kier alpha value is -3.61.